The largest absolute Gasteiger partial charge is 0.355 e. The van der Waals surface area contributed by atoms with E-state index in [1.54, 1.807) is 32.2 Å². The molecule has 0 aliphatic rings. The van der Waals surface area contributed by atoms with E-state index in [9.17, 15) is 0 Å². The molecule has 0 amide bonds. The van der Waals surface area contributed by atoms with Crippen LogP contribution in [0.15, 0.2) is 27.8 Å². The number of hydrogen-bond donors (Lipinski definition) is 0. The van der Waals surface area contributed by atoms with Gasteiger partial charge in [0, 0.05) is 24.9 Å². The van der Waals surface area contributed by atoms with Crippen molar-refractivity contribution >= 4 is 27.7 Å². The molecule has 14 heavy (non-hydrogen) atoms. The Labute approximate surface area is 96.3 Å². The third-order valence-corrected chi connectivity index (χ3v) is 3.55. The van der Waals surface area contributed by atoms with Crippen molar-refractivity contribution in [2.45, 2.75) is 11.3 Å². The van der Waals surface area contributed by atoms with Crippen LogP contribution in [-0.4, -0.2) is 31.2 Å². The average Bonchev–Trinajstić information content (AvgIpc) is 2.22. The first kappa shape index (κ1) is 12.0. The molecule has 0 N–H and O–H groups in total. The van der Waals surface area contributed by atoms with Crippen molar-refractivity contribution in [3.8, 4) is 0 Å². The van der Waals surface area contributed by atoms with Crippen LogP contribution in [0.1, 0.15) is 0 Å². The molecule has 78 valence electrons. The van der Waals surface area contributed by atoms with Crippen molar-refractivity contribution in [1.29, 1.82) is 0 Å². The summed E-state index contributed by atoms with van der Waals surface area (Å²) in [7, 11) is 3.25. The van der Waals surface area contributed by atoms with Gasteiger partial charge in [0.1, 0.15) is 5.03 Å². The number of ether oxygens (including phenoxy) is 2. The molecule has 0 atom stereocenters. The summed E-state index contributed by atoms with van der Waals surface area (Å²) >= 11 is 5.02. The van der Waals surface area contributed by atoms with E-state index in [0.29, 0.717) is 0 Å². The molecule has 1 aromatic rings. The van der Waals surface area contributed by atoms with Gasteiger partial charge in [-0.05, 0) is 28.1 Å². The van der Waals surface area contributed by atoms with Crippen LogP contribution in [0.5, 0.6) is 0 Å². The molecule has 1 aromatic heterocycles. The first-order chi connectivity index (χ1) is 6.77. The SMILES string of the molecule is COC(CSc1ncccc1Br)OC. The molecule has 0 radical (unpaired) electrons. The second-order valence-corrected chi connectivity index (χ2v) is 4.37. The van der Waals surface area contributed by atoms with Crippen molar-refractivity contribution < 1.29 is 9.47 Å². The van der Waals surface area contributed by atoms with Gasteiger partial charge in [-0.3, -0.25) is 0 Å². The van der Waals surface area contributed by atoms with E-state index in [1.165, 1.54) is 0 Å². The Balaban J connectivity index is 2.49. The molecule has 0 spiro atoms. The maximum absolute atomic E-state index is 5.07. The van der Waals surface area contributed by atoms with Crippen molar-refractivity contribution in [3.63, 3.8) is 0 Å². The Morgan fingerprint density at radius 1 is 1.50 bits per heavy atom. The quantitative estimate of drug-likeness (QED) is 0.612. The minimum absolute atomic E-state index is 0.186. The topological polar surface area (TPSA) is 31.4 Å². The fraction of sp³-hybridized carbons (Fsp3) is 0.444. The second-order valence-electron chi connectivity index (χ2n) is 2.50. The van der Waals surface area contributed by atoms with E-state index in [1.807, 2.05) is 12.1 Å². The lowest BCUT2D eigenvalue weighted by atomic mass is 10.5. The zero-order valence-corrected chi connectivity index (χ0v) is 10.5. The monoisotopic (exact) mass is 277 g/mol. The van der Waals surface area contributed by atoms with Gasteiger partial charge in [-0.1, -0.05) is 0 Å². The first-order valence-electron chi connectivity index (χ1n) is 4.07. The van der Waals surface area contributed by atoms with E-state index >= 15 is 0 Å². The number of hydrogen-bond acceptors (Lipinski definition) is 4. The maximum atomic E-state index is 5.07. The van der Waals surface area contributed by atoms with Crippen LogP contribution in [0, 0.1) is 0 Å². The first-order valence-corrected chi connectivity index (χ1v) is 5.84. The molecule has 5 heteroatoms. The Morgan fingerprint density at radius 3 is 2.79 bits per heavy atom. The third-order valence-electron chi connectivity index (χ3n) is 1.61. The molecule has 1 heterocycles. The zero-order chi connectivity index (χ0) is 10.4. The molecule has 1 rings (SSSR count). The van der Waals surface area contributed by atoms with Crippen molar-refractivity contribution in [2.24, 2.45) is 0 Å². The maximum Gasteiger partial charge on any atom is 0.166 e. The van der Waals surface area contributed by atoms with E-state index < -0.39 is 0 Å². The van der Waals surface area contributed by atoms with Crippen molar-refractivity contribution in [2.75, 3.05) is 20.0 Å². The molecular formula is C9H12BrNO2S. The highest BCUT2D eigenvalue weighted by Crippen LogP contribution is 2.25. The van der Waals surface area contributed by atoms with Gasteiger partial charge in [-0.25, -0.2) is 4.98 Å². The fourth-order valence-electron chi connectivity index (χ4n) is 0.857. The zero-order valence-electron chi connectivity index (χ0n) is 8.07. The number of pyridine rings is 1. The average molecular weight is 278 g/mol. The molecule has 0 saturated heterocycles. The van der Waals surface area contributed by atoms with Crippen molar-refractivity contribution in [3.05, 3.63) is 22.8 Å². The fourth-order valence-corrected chi connectivity index (χ4v) is 2.36. The van der Waals surface area contributed by atoms with Crippen molar-refractivity contribution in [1.82, 2.24) is 4.98 Å². The summed E-state index contributed by atoms with van der Waals surface area (Å²) in [5.41, 5.74) is 0. The van der Waals surface area contributed by atoms with E-state index in [4.69, 9.17) is 9.47 Å². The van der Waals surface area contributed by atoms with Crippen LogP contribution in [0.2, 0.25) is 0 Å². The minimum Gasteiger partial charge on any atom is -0.355 e. The Kier molecular flexibility index (Phi) is 5.47. The highest BCUT2D eigenvalue weighted by molar-refractivity contribution is 9.10. The molecule has 0 saturated carbocycles. The Bertz CT molecular complexity index is 281. The van der Waals surface area contributed by atoms with Gasteiger partial charge >= 0.3 is 0 Å². The highest BCUT2D eigenvalue weighted by atomic mass is 79.9. The number of halogens is 1. The Hall–Kier alpha value is -0.100. The number of rotatable bonds is 5. The smallest absolute Gasteiger partial charge is 0.166 e. The van der Waals surface area contributed by atoms with Crippen LogP contribution in [0.25, 0.3) is 0 Å². The summed E-state index contributed by atoms with van der Waals surface area (Å²) in [6.45, 7) is 0. The van der Waals surface area contributed by atoms with Gasteiger partial charge in [0.05, 0.1) is 5.75 Å². The van der Waals surface area contributed by atoms with Gasteiger partial charge in [-0.2, -0.15) is 0 Å². The predicted octanol–water partition coefficient (Wildman–Crippen LogP) is 2.56. The van der Waals surface area contributed by atoms with Crippen LogP contribution in [0.4, 0.5) is 0 Å². The number of thioether (sulfide) groups is 1. The van der Waals surface area contributed by atoms with E-state index in [-0.39, 0.29) is 6.29 Å². The summed E-state index contributed by atoms with van der Waals surface area (Å²) < 4.78 is 11.1. The summed E-state index contributed by atoms with van der Waals surface area (Å²) in [5, 5.41) is 0.951. The van der Waals surface area contributed by atoms with Gasteiger partial charge < -0.3 is 9.47 Å². The standard InChI is InChI=1S/C9H12BrNO2S/c1-12-8(13-2)6-14-9-7(10)4-3-5-11-9/h3-5,8H,6H2,1-2H3. The molecule has 0 aliphatic carbocycles. The van der Waals surface area contributed by atoms with Gasteiger partial charge in [0.15, 0.2) is 6.29 Å². The van der Waals surface area contributed by atoms with Crippen LogP contribution >= 0.6 is 27.7 Å². The molecule has 0 aromatic carbocycles. The normalized spacial score (nSPS) is 10.9. The molecule has 0 fully saturated rings. The molecule has 3 nitrogen and oxygen atoms in total. The van der Waals surface area contributed by atoms with Gasteiger partial charge in [0.2, 0.25) is 0 Å². The van der Waals surface area contributed by atoms with Crippen LogP contribution < -0.4 is 0 Å². The number of methoxy groups -OCH3 is 2. The van der Waals surface area contributed by atoms with Crippen LogP contribution in [-0.2, 0) is 9.47 Å². The summed E-state index contributed by atoms with van der Waals surface area (Å²) in [4.78, 5) is 4.22. The van der Waals surface area contributed by atoms with Gasteiger partial charge in [0.25, 0.3) is 0 Å². The van der Waals surface area contributed by atoms with E-state index in [2.05, 4.69) is 20.9 Å². The van der Waals surface area contributed by atoms with Crippen LogP contribution in [0.3, 0.4) is 0 Å². The third kappa shape index (κ3) is 3.57. The summed E-state index contributed by atoms with van der Waals surface area (Å²) in [6.07, 6.45) is 1.58. The predicted molar refractivity (Wildman–Crippen MR) is 60.5 cm³/mol. The molecule has 0 unspecified atom stereocenters. The van der Waals surface area contributed by atoms with Gasteiger partial charge in [-0.15, -0.1) is 11.8 Å². The molecular weight excluding hydrogens is 266 g/mol. The lowest BCUT2D eigenvalue weighted by Gasteiger charge is -2.12. The highest BCUT2D eigenvalue weighted by Gasteiger charge is 2.08. The number of nitrogens with zero attached hydrogens (tertiary/aromatic N) is 1. The lowest BCUT2D eigenvalue weighted by molar-refractivity contribution is -0.0842. The molecule has 0 bridgehead atoms. The number of aromatic nitrogens is 1. The summed E-state index contributed by atoms with van der Waals surface area (Å²) in [6, 6.07) is 3.85. The lowest BCUT2D eigenvalue weighted by Crippen LogP contribution is -2.15. The Morgan fingerprint density at radius 2 is 2.21 bits per heavy atom. The molecule has 0 aliphatic heterocycles. The minimum atomic E-state index is -0.186. The summed E-state index contributed by atoms with van der Waals surface area (Å²) in [5.74, 6) is 0.725. The second kappa shape index (κ2) is 6.40. The van der Waals surface area contributed by atoms with E-state index in [0.717, 1.165) is 15.3 Å².